The summed E-state index contributed by atoms with van der Waals surface area (Å²) < 4.78 is 3.08. The van der Waals surface area contributed by atoms with Gasteiger partial charge < -0.3 is 15.0 Å². The van der Waals surface area contributed by atoms with Crippen molar-refractivity contribution in [2.24, 2.45) is 0 Å². The summed E-state index contributed by atoms with van der Waals surface area (Å²) in [5.74, 6) is 2.10. The summed E-state index contributed by atoms with van der Waals surface area (Å²) in [5.41, 5.74) is 1.18. The van der Waals surface area contributed by atoms with E-state index in [0.717, 1.165) is 5.69 Å². The monoisotopic (exact) mass is 326 g/mol. The number of amides is 1. The van der Waals surface area contributed by atoms with Crippen LogP contribution < -0.4 is 10.9 Å². The molecular weight excluding hydrogens is 308 g/mol. The van der Waals surface area contributed by atoms with Crippen molar-refractivity contribution < 1.29 is 9.90 Å². The Hall–Kier alpha value is -2.85. The van der Waals surface area contributed by atoms with E-state index in [9.17, 15) is 14.7 Å². The topological polar surface area (TPSA) is 89.2 Å². The molecule has 0 aromatic carbocycles. The van der Waals surface area contributed by atoms with Gasteiger partial charge in [-0.25, -0.2) is 4.98 Å². The molecule has 1 amide bonds. The zero-order chi connectivity index (χ0) is 17.3. The van der Waals surface area contributed by atoms with E-state index in [-0.39, 0.29) is 36.2 Å². The number of carbonyl (C=O) groups excluding carboxylic acids is 1. The van der Waals surface area contributed by atoms with Crippen molar-refractivity contribution in [2.45, 2.75) is 31.9 Å². The number of nitrogens with zero attached hydrogens (tertiary/aromatic N) is 3. The molecular formula is C17H18N4O3. The second kappa shape index (κ2) is 6.34. The van der Waals surface area contributed by atoms with Crippen molar-refractivity contribution in [3.05, 3.63) is 46.4 Å². The van der Waals surface area contributed by atoms with Crippen molar-refractivity contribution in [3.8, 4) is 18.0 Å². The number of aliphatic hydroxyl groups is 1. The van der Waals surface area contributed by atoms with Gasteiger partial charge in [0.2, 0.25) is 0 Å². The standard InChI is InChI=1S/C17H18N4O3/c1-3-4-13(22)7-12-8-18-16(23)14-5-6-15(17(24)21(12)14)20-9-11(2)19-10-20/h1,5-6,9-10,12-13,22H,4,7-8H2,2H3,(H,18,23)/t12?,13-/m0/s1. The number of aromatic nitrogens is 3. The summed E-state index contributed by atoms with van der Waals surface area (Å²) in [7, 11) is 0. The number of aliphatic hydroxyl groups excluding tert-OH is 1. The van der Waals surface area contributed by atoms with Crippen molar-refractivity contribution in [1.29, 1.82) is 0 Å². The van der Waals surface area contributed by atoms with E-state index in [1.54, 1.807) is 29.2 Å². The fraction of sp³-hybridized carbons (Fsp3) is 0.353. The highest BCUT2D eigenvalue weighted by Gasteiger charge is 2.28. The second-order valence-electron chi connectivity index (χ2n) is 5.86. The van der Waals surface area contributed by atoms with E-state index in [1.165, 1.54) is 4.57 Å². The first-order valence-electron chi connectivity index (χ1n) is 7.67. The molecule has 2 aromatic heterocycles. The molecule has 1 aliphatic rings. The van der Waals surface area contributed by atoms with Crippen LogP contribution in [0.3, 0.4) is 0 Å². The highest BCUT2D eigenvalue weighted by molar-refractivity contribution is 5.93. The molecule has 7 nitrogen and oxygen atoms in total. The first-order valence-corrected chi connectivity index (χ1v) is 7.67. The maximum absolute atomic E-state index is 12.9. The van der Waals surface area contributed by atoms with E-state index < -0.39 is 6.10 Å². The van der Waals surface area contributed by atoms with Crippen LogP contribution in [-0.2, 0) is 0 Å². The smallest absolute Gasteiger partial charge is 0.275 e. The molecule has 0 fully saturated rings. The second-order valence-corrected chi connectivity index (χ2v) is 5.86. The highest BCUT2D eigenvalue weighted by Crippen LogP contribution is 2.20. The van der Waals surface area contributed by atoms with Gasteiger partial charge in [-0.3, -0.25) is 14.2 Å². The van der Waals surface area contributed by atoms with Gasteiger partial charge in [-0.1, -0.05) is 0 Å². The minimum atomic E-state index is -0.728. The van der Waals surface area contributed by atoms with Crippen LogP contribution in [0, 0.1) is 19.3 Å². The lowest BCUT2D eigenvalue weighted by atomic mass is 10.0. The lowest BCUT2D eigenvalue weighted by Gasteiger charge is -2.29. The van der Waals surface area contributed by atoms with Crippen LogP contribution in [0.25, 0.3) is 5.69 Å². The van der Waals surface area contributed by atoms with Gasteiger partial charge in [-0.05, 0) is 25.5 Å². The maximum atomic E-state index is 12.9. The van der Waals surface area contributed by atoms with Crippen LogP contribution >= 0.6 is 0 Å². The molecule has 0 saturated heterocycles. The molecule has 0 bridgehead atoms. The van der Waals surface area contributed by atoms with Gasteiger partial charge in [-0.2, -0.15) is 0 Å². The van der Waals surface area contributed by atoms with Crippen molar-refractivity contribution in [2.75, 3.05) is 6.54 Å². The third-order valence-electron chi connectivity index (χ3n) is 4.08. The number of fused-ring (bicyclic) bond motifs is 1. The fourth-order valence-electron chi connectivity index (χ4n) is 2.95. The molecule has 1 aliphatic heterocycles. The Morgan fingerprint density at radius 2 is 2.29 bits per heavy atom. The van der Waals surface area contributed by atoms with Crippen LogP contribution in [0.1, 0.15) is 35.1 Å². The normalized spacial score (nSPS) is 17.7. The third-order valence-corrected chi connectivity index (χ3v) is 4.08. The number of rotatable bonds is 4. The zero-order valence-corrected chi connectivity index (χ0v) is 13.3. The van der Waals surface area contributed by atoms with E-state index in [4.69, 9.17) is 6.42 Å². The largest absolute Gasteiger partial charge is 0.392 e. The lowest BCUT2D eigenvalue weighted by Crippen LogP contribution is -2.46. The Morgan fingerprint density at radius 3 is 2.96 bits per heavy atom. The molecule has 7 heteroatoms. The van der Waals surface area contributed by atoms with E-state index in [1.807, 2.05) is 6.92 Å². The first-order chi connectivity index (χ1) is 11.5. The Kier molecular flexibility index (Phi) is 4.23. The van der Waals surface area contributed by atoms with E-state index >= 15 is 0 Å². The molecule has 2 aromatic rings. The molecule has 0 radical (unpaired) electrons. The molecule has 2 atom stereocenters. The van der Waals surface area contributed by atoms with Crippen molar-refractivity contribution >= 4 is 5.91 Å². The number of hydrogen-bond donors (Lipinski definition) is 2. The zero-order valence-electron chi connectivity index (χ0n) is 13.3. The summed E-state index contributed by atoms with van der Waals surface area (Å²) in [6.07, 6.45) is 8.30. The number of nitrogens with one attached hydrogen (secondary N) is 1. The third kappa shape index (κ3) is 2.84. The van der Waals surface area contributed by atoms with Crippen LogP contribution in [-0.4, -0.2) is 37.8 Å². The minimum absolute atomic E-state index is 0.203. The number of hydrogen-bond acceptors (Lipinski definition) is 4. The van der Waals surface area contributed by atoms with E-state index in [0.29, 0.717) is 12.1 Å². The molecule has 0 spiro atoms. The van der Waals surface area contributed by atoms with Crippen LogP contribution in [0.2, 0.25) is 0 Å². The average Bonchev–Trinajstić information content (AvgIpc) is 2.97. The van der Waals surface area contributed by atoms with Gasteiger partial charge in [0.25, 0.3) is 11.5 Å². The molecule has 1 unspecified atom stereocenters. The van der Waals surface area contributed by atoms with E-state index in [2.05, 4.69) is 16.2 Å². The minimum Gasteiger partial charge on any atom is -0.392 e. The summed E-state index contributed by atoms with van der Waals surface area (Å²) in [6.45, 7) is 2.11. The Bertz CT molecular complexity index is 875. The van der Waals surface area contributed by atoms with Crippen LogP contribution in [0.15, 0.2) is 29.5 Å². The quantitative estimate of drug-likeness (QED) is 0.796. The molecule has 124 valence electrons. The highest BCUT2D eigenvalue weighted by atomic mass is 16.3. The van der Waals surface area contributed by atoms with Crippen LogP contribution in [0.4, 0.5) is 0 Å². The Balaban J connectivity index is 2.06. The summed E-state index contributed by atoms with van der Waals surface area (Å²) in [6, 6.07) is 2.87. The van der Waals surface area contributed by atoms with Gasteiger partial charge in [0.1, 0.15) is 11.4 Å². The first kappa shape index (κ1) is 16.0. The van der Waals surface area contributed by atoms with Gasteiger partial charge in [0, 0.05) is 19.2 Å². The molecule has 0 saturated carbocycles. The number of carbonyl (C=O) groups is 1. The predicted octanol–water partition coefficient (Wildman–Crippen LogP) is 0.401. The van der Waals surface area contributed by atoms with Crippen LogP contribution in [0.5, 0.6) is 0 Å². The molecule has 2 N–H and O–H groups in total. The van der Waals surface area contributed by atoms with Crippen molar-refractivity contribution in [1.82, 2.24) is 19.4 Å². The summed E-state index contributed by atoms with van der Waals surface area (Å²) in [4.78, 5) is 29.1. The summed E-state index contributed by atoms with van der Waals surface area (Å²) in [5, 5.41) is 12.7. The number of terminal acetylenes is 1. The maximum Gasteiger partial charge on any atom is 0.275 e. The Morgan fingerprint density at radius 1 is 1.50 bits per heavy atom. The summed E-state index contributed by atoms with van der Waals surface area (Å²) >= 11 is 0. The molecule has 3 heterocycles. The predicted molar refractivity (Wildman–Crippen MR) is 88.0 cm³/mol. The molecule has 24 heavy (non-hydrogen) atoms. The molecule has 3 rings (SSSR count). The van der Waals surface area contributed by atoms with Crippen molar-refractivity contribution in [3.63, 3.8) is 0 Å². The Labute approximate surface area is 139 Å². The SMILES string of the molecule is C#CC[C@H](O)CC1CNC(=O)c2ccc(-n3cnc(C)c3)c(=O)n21. The fourth-order valence-corrected chi connectivity index (χ4v) is 2.95. The number of pyridine rings is 1. The number of aryl methyl sites for hydroxylation is 1. The van der Waals surface area contributed by atoms with Gasteiger partial charge in [0.15, 0.2) is 0 Å². The molecule has 0 aliphatic carbocycles. The average molecular weight is 326 g/mol. The lowest BCUT2D eigenvalue weighted by molar-refractivity contribution is 0.0881. The number of imidazole rings is 1. The van der Waals surface area contributed by atoms with Gasteiger partial charge >= 0.3 is 0 Å². The van der Waals surface area contributed by atoms with Gasteiger partial charge in [0.05, 0.1) is 24.2 Å². The van der Waals surface area contributed by atoms with Gasteiger partial charge in [-0.15, -0.1) is 12.3 Å².